The molecule has 0 saturated carbocycles. The lowest BCUT2D eigenvalue weighted by molar-refractivity contribution is 0.0800. The number of hydrogen-bond acceptors (Lipinski definition) is 2. The molecule has 0 amide bonds. The van der Waals surface area contributed by atoms with E-state index in [1.54, 1.807) is 13.8 Å². The van der Waals surface area contributed by atoms with Crippen LogP contribution in [0, 0.1) is 0 Å². The number of nitrogens with one attached hydrogen (secondary N) is 1. The van der Waals surface area contributed by atoms with E-state index in [1.807, 2.05) is 0 Å². The largest absolute Gasteiger partial charge is 0.392 e. The van der Waals surface area contributed by atoms with Gasteiger partial charge in [0, 0.05) is 6.04 Å². The summed E-state index contributed by atoms with van der Waals surface area (Å²) >= 11 is 0. The Bertz CT molecular complexity index is 96.6. The van der Waals surface area contributed by atoms with Gasteiger partial charge in [-0.2, -0.15) is 0 Å². The second-order valence-electron chi connectivity index (χ2n) is 2.82. The van der Waals surface area contributed by atoms with Crippen LogP contribution in [0.15, 0.2) is 0 Å². The molecular formula is C7H15F2NO. The van der Waals surface area contributed by atoms with E-state index >= 15 is 0 Å². The molecule has 3 atom stereocenters. The van der Waals surface area contributed by atoms with Crippen molar-refractivity contribution in [3.05, 3.63) is 0 Å². The third-order valence-electron chi connectivity index (χ3n) is 1.63. The van der Waals surface area contributed by atoms with Crippen LogP contribution in [0.5, 0.6) is 0 Å². The molecule has 4 heteroatoms. The summed E-state index contributed by atoms with van der Waals surface area (Å²) in [7, 11) is 0. The van der Waals surface area contributed by atoms with Gasteiger partial charge in [-0.1, -0.05) is 0 Å². The summed E-state index contributed by atoms with van der Waals surface area (Å²) < 4.78 is 23.8. The molecule has 0 fully saturated rings. The molecule has 11 heavy (non-hydrogen) atoms. The SMILES string of the molecule is CC(O)C(C)NC(C)C(F)F. The third kappa shape index (κ3) is 4.27. The van der Waals surface area contributed by atoms with E-state index in [4.69, 9.17) is 5.11 Å². The van der Waals surface area contributed by atoms with Crippen LogP contribution in [0.3, 0.4) is 0 Å². The molecule has 2 N–H and O–H groups in total. The number of hydrogen-bond donors (Lipinski definition) is 2. The number of alkyl halides is 2. The van der Waals surface area contributed by atoms with Crippen molar-refractivity contribution >= 4 is 0 Å². The van der Waals surface area contributed by atoms with Crippen molar-refractivity contribution in [1.82, 2.24) is 5.32 Å². The topological polar surface area (TPSA) is 32.3 Å². The van der Waals surface area contributed by atoms with Gasteiger partial charge in [0.15, 0.2) is 0 Å². The quantitative estimate of drug-likeness (QED) is 0.654. The van der Waals surface area contributed by atoms with E-state index < -0.39 is 18.6 Å². The number of aliphatic hydroxyl groups is 1. The van der Waals surface area contributed by atoms with Crippen molar-refractivity contribution in [1.29, 1.82) is 0 Å². The number of rotatable bonds is 4. The van der Waals surface area contributed by atoms with Gasteiger partial charge in [0.05, 0.1) is 12.1 Å². The zero-order valence-corrected chi connectivity index (χ0v) is 7.01. The first-order valence-electron chi connectivity index (χ1n) is 3.67. The van der Waals surface area contributed by atoms with Crippen molar-refractivity contribution in [2.75, 3.05) is 0 Å². The Morgan fingerprint density at radius 2 is 1.55 bits per heavy atom. The van der Waals surface area contributed by atoms with Gasteiger partial charge in [-0.15, -0.1) is 0 Å². The van der Waals surface area contributed by atoms with Crippen molar-refractivity contribution < 1.29 is 13.9 Å². The van der Waals surface area contributed by atoms with Gasteiger partial charge in [-0.05, 0) is 20.8 Å². The molecule has 0 bridgehead atoms. The van der Waals surface area contributed by atoms with E-state index in [0.717, 1.165) is 0 Å². The highest BCUT2D eigenvalue weighted by Gasteiger charge is 2.18. The molecule has 0 heterocycles. The van der Waals surface area contributed by atoms with Crippen molar-refractivity contribution in [2.45, 2.75) is 45.4 Å². The predicted molar refractivity (Wildman–Crippen MR) is 39.7 cm³/mol. The lowest BCUT2D eigenvalue weighted by atomic mass is 10.2. The minimum absolute atomic E-state index is 0.293. The third-order valence-corrected chi connectivity index (χ3v) is 1.63. The summed E-state index contributed by atoms with van der Waals surface area (Å²) in [6, 6.07) is -1.15. The lowest BCUT2D eigenvalue weighted by Gasteiger charge is -2.21. The van der Waals surface area contributed by atoms with Gasteiger partial charge in [0.2, 0.25) is 0 Å². The average Bonchev–Trinajstić information content (AvgIpc) is 1.87. The molecule has 0 aliphatic carbocycles. The fraction of sp³-hybridized carbons (Fsp3) is 1.00. The highest BCUT2D eigenvalue weighted by atomic mass is 19.3. The van der Waals surface area contributed by atoms with E-state index in [1.165, 1.54) is 6.92 Å². The van der Waals surface area contributed by atoms with Gasteiger partial charge < -0.3 is 10.4 Å². The zero-order chi connectivity index (χ0) is 9.02. The average molecular weight is 167 g/mol. The molecule has 0 aromatic carbocycles. The fourth-order valence-corrected chi connectivity index (χ4v) is 0.627. The smallest absolute Gasteiger partial charge is 0.253 e. The van der Waals surface area contributed by atoms with Crippen LogP contribution in [0.25, 0.3) is 0 Å². The molecule has 0 aliphatic rings. The lowest BCUT2D eigenvalue weighted by Crippen LogP contribution is -2.44. The first kappa shape index (κ1) is 10.8. The van der Waals surface area contributed by atoms with Crippen molar-refractivity contribution in [2.24, 2.45) is 0 Å². The van der Waals surface area contributed by atoms with Gasteiger partial charge in [-0.25, -0.2) is 8.78 Å². The molecule has 0 aliphatic heterocycles. The van der Waals surface area contributed by atoms with Crippen LogP contribution in [-0.2, 0) is 0 Å². The van der Waals surface area contributed by atoms with Crippen LogP contribution < -0.4 is 5.32 Å². The normalized spacial score (nSPS) is 19.9. The molecule has 0 aromatic rings. The molecule has 0 aromatic heterocycles. The molecular weight excluding hydrogens is 152 g/mol. The summed E-state index contributed by atoms with van der Waals surface area (Å²) in [6.45, 7) is 4.63. The second kappa shape index (κ2) is 4.62. The van der Waals surface area contributed by atoms with Gasteiger partial charge in [-0.3, -0.25) is 0 Å². The summed E-state index contributed by atoms with van der Waals surface area (Å²) in [5, 5.41) is 11.5. The minimum Gasteiger partial charge on any atom is -0.392 e. The Morgan fingerprint density at radius 3 is 1.82 bits per heavy atom. The maximum Gasteiger partial charge on any atom is 0.253 e. The monoisotopic (exact) mass is 167 g/mol. The molecule has 0 spiro atoms. The summed E-state index contributed by atoms with van der Waals surface area (Å²) in [5.74, 6) is 0. The first-order chi connectivity index (χ1) is 4.95. The summed E-state index contributed by atoms with van der Waals surface area (Å²) in [6.07, 6.45) is -2.98. The van der Waals surface area contributed by atoms with Gasteiger partial charge in [0.25, 0.3) is 6.43 Å². The summed E-state index contributed by atoms with van der Waals surface area (Å²) in [5.41, 5.74) is 0. The van der Waals surface area contributed by atoms with Crippen LogP contribution in [-0.4, -0.2) is 29.7 Å². The van der Waals surface area contributed by atoms with Crippen molar-refractivity contribution in [3.63, 3.8) is 0 Å². The molecule has 0 radical (unpaired) electrons. The standard InChI is InChI=1S/C7H15F2NO/c1-4(6(3)11)10-5(2)7(8)9/h4-7,10-11H,1-3H3. The number of aliphatic hydroxyl groups excluding tert-OH is 1. The van der Waals surface area contributed by atoms with Crippen LogP contribution in [0.4, 0.5) is 8.78 Å². The van der Waals surface area contributed by atoms with E-state index in [-0.39, 0.29) is 6.04 Å². The maximum atomic E-state index is 11.9. The highest BCUT2D eigenvalue weighted by molar-refractivity contribution is 4.72. The first-order valence-corrected chi connectivity index (χ1v) is 3.67. The minimum atomic E-state index is -2.38. The van der Waals surface area contributed by atoms with E-state index in [0.29, 0.717) is 0 Å². The van der Waals surface area contributed by atoms with Crippen LogP contribution >= 0.6 is 0 Å². The second-order valence-corrected chi connectivity index (χ2v) is 2.82. The molecule has 2 nitrogen and oxygen atoms in total. The Balaban J connectivity index is 3.66. The molecule has 3 unspecified atom stereocenters. The Labute approximate surface area is 65.6 Å². The van der Waals surface area contributed by atoms with Gasteiger partial charge >= 0.3 is 0 Å². The highest BCUT2D eigenvalue weighted by Crippen LogP contribution is 2.02. The Morgan fingerprint density at radius 1 is 1.09 bits per heavy atom. The Hall–Kier alpha value is -0.220. The number of halogens is 2. The van der Waals surface area contributed by atoms with E-state index in [2.05, 4.69) is 5.32 Å². The Kier molecular flexibility index (Phi) is 4.52. The molecule has 0 rings (SSSR count). The van der Waals surface area contributed by atoms with Crippen LogP contribution in [0.2, 0.25) is 0 Å². The van der Waals surface area contributed by atoms with Gasteiger partial charge in [0.1, 0.15) is 0 Å². The maximum absolute atomic E-state index is 11.9. The predicted octanol–water partition coefficient (Wildman–Crippen LogP) is 0.999. The van der Waals surface area contributed by atoms with E-state index in [9.17, 15) is 8.78 Å². The summed E-state index contributed by atoms with van der Waals surface area (Å²) in [4.78, 5) is 0. The van der Waals surface area contributed by atoms with Crippen molar-refractivity contribution in [3.8, 4) is 0 Å². The molecule has 68 valence electrons. The fourth-order valence-electron chi connectivity index (χ4n) is 0.627. The zero-order valence-electron chi connectivity index (χ0n) is 7.01. The molecule has 0 saturated heterocycles. The van der Waals surface area contributed by atoms with Crippen LogP contribution in [0.1, 0.15) is 20.8 Å².